The predicted molar refractivity (Wildman–Crippen MR) is 70.1 cm³/mol. The normalized spacial score (nSPS) is 20.4. The van der Waals surface area contributed by atoms with Crippen molar-refractivity contribution in [2.45, 2.75) is 44.8 Å². The second kappa shape index (κ2) is 7.31. The predicted octanol–water partition coefficient (Wildman–Crippen LogP) is 0.695. The van der Waals surface area contributed by atoms with Gasteiger partial charge >= 0.3 is 0 Å². The van der Waals surface area contributed by atoms with Crippen molar-refractivity contribution in [3.05, 3.63) is 0 Å². The SMILES string of the molecule is CCCNCC(C)S(=O)(=O)NN1CCCCC1. The molecule has 0 aromatic carbocycles. The van der Waals surface area contributed by atoms with Crippen molar-refractivity contribution in [2.75, 3.05) is 26.2 Å². The van der Waals surface area contributed by atoms with E-state index in [0.29, 0.717) is 6.54 Å². The Morgan fingerprint density at radius 2 is 1.88 bits per heavy atom. The lowest BCUT2D eigenvalue weighted by Crippen LogP contribution is -2.49. The fourth-order valence-electron chi connectivity index (χ4n) is 1.85. The molecular weight excluding hydrogens is 238 g/mol. The highest BCUT2D eigenvalue weighted by atomic mass is 32.2. The molecule has 5 nitrogen and oxygen atoms in total. The largest absolute Gasteiger partial charge is 0.315 e. The second-order valence-corrected chi connectivity index (χ2v) is 6.78. The summed E-state index contributed by atoms with van der Waals surface area (Å²) in [6, 6.07) is 0. The second-order valence-electron chi connectivity index (χ2n) is 4.70. The fourth-order valence-corrected chi connectivity index (χ4v) is 2.91. The maximum atomic E-state index is 12.0. The van der Waals surface area contributed by atoms with Crippen LogP contribution in [0.25, 0.3) is 0 Å². The van der Waals surface area contributed by atoms with E-state index in [-0.39, 0.29) is 0 Å². The van der Waals surface area contributed by atoms with Crippen LogP contribution in [0.5, 0.6) is 0 Å². The van der Waals surface area contributed by atoms with Gasteiger partial charge in [0, 0.05) is 19.6 Å². The van der Waals surface area contributed by atoms with Crippen LogP contribution in [0.3, 0.4) is 0 Å². The van der Waals surface area contributed by atoms with Crippen molar-refractivity contribution < 1.29 is 8.42 Å². The third kappa shape index (κ3) is 5.33. The van der Waals surface area contributed by atoms with Crippen LogP contribution in [0.1, 0.15) is 39.5 Å². The Balaban J connectivity index is 2.37. The molecule has 0 saturated carbocycles. The Hall–Kier alpha value is -0.170. The quantitative estimate of drug-likeness (QED) is 0.664. The first-order valence-electron chi connectivity index (χ1n) is 6.53. The van der Waals surface area contributed by atoms with Crippen LogP contribution in [0.4, 0.5) is 0 Å². The first kappa shape index (κ1) is 14.9. The standard InChI is InChI=1S/C11H25N3O2S/c1-3-7-12-10-11(2)17(15,16)13-14-8-5-4-6-9-14/h11-13H,3-10H2,1-2H3. The highest BCUT2D eigenvalue weighted by molar-refractivity contribution is 7.90. The van der Waals surface area contributed by atoms with Crippen LogP contribution in [0.2, 0.25) is 0 Å². The molecule has 1 aliphatic rings. The van der Waals surface area contributed by atoms with Crippen LogP contribution < -0.4 is 10.1 Å². The molecule has 1 unspecified atom stereocenters. The summed E-state index contributed by atoms with van der Waals surface area (Å²) < 4.78 is 24.0. The van der Waals surface area contributed by atoms with E-state index in [1.54, 1.807) is 6.92 Å². The molecule has 102 valence electrons. The summed E-state index contributed by atoms with van der Waals surface area (Å²) in [6.07, 6.45) is 4.37. The summed E-state index contributed by atoms with van der Waals surface area (Å²) >= 11 is 0. The molecule has 1 atom stereocenters. The van der Waals surface area contributed by atoms with Gasteiger partial charge < -0.3 is 5.32 Å². The Morgan fingerprint density at radius 1 is 1.24 bits per heavy atom. The summed E-state index contributed by atoms with van der Waals surface area (Å²) in [5, 5.41) is 4.58. The molecule has 17 heavy (non-hydrogen) atoms. The Kier molecular flexibility index (Phi) is 6.40. The monoisotopic (exact) mass is 263 g/mol. The van der Waals surface area contributed by atoms with E-state index < -0.39 is 15.3 Å². The number of sulfonamides is 1. The lowest BCUT2D eigenvalue weighted by atomic mass is 10.2. The maximum Gasteiger partial charge on any atom is 0.228 e. The third-order valence-corrected chi connectivity index (χ3v) is 4.74. The van der Waals surface area contributed by atoms with E-state index in [1.165, 1.54) is 6.42 Å². The number of hydrazine groups is 1. The van der Waals surface area contributed by atoms with Gasteiger partial charge in [-0.1, -0.05) is 13.3 Å². The van der Waals surface area contributed by atoms with Gasteiger partial charge in [-0.3, -0.25) is 0 Å². The van der Waals surface area contributed by atoms with Crippen LogP contribution in [0, 0.1) is 0 Å². The van der Waals surface area contributed by atoms with Crippen molar-refractivity contribution in [3.8, 4) is 0 Å². The van der Waals surface area contributed by atoms with Crippen molar-refractivity contribution >= 4 is 10.0 Å². The van der Waals surface area contributed by atoms with Gasteiger partial charge in [-0.2, -0.15) is 0 Å². The lowest BCUT2D eigenvalue weighted by molar-refractivity contribution is 0.199. The number of piperidine rings is 1. The van der Waals surface area contributed by atoms with Gasteiger partial charge in [-0.15, -0.1) is 4.83 Å². The molecule has 0 spiro atoms. The average molecular weight is 263 g/mol. The lowest BCUT2D eigenvalue weighted by Gasteiger charge is -2.28. The molecule has 6 heteroatoms. The van der Waals surface area contributed by atoms with E-state index in [0.717, 1.165) is 38.9 Å². The zero-order chi connectivity index (χ0) is 12.7. The topological polar surface area (TPSA) is 61.4 Å². The summed E-state index contributed by atoms with van der Waals surface area (Å²) in [5.74, 6) is 0. The van der Waals surface area contributed by atoms with Gasteiger partial charge in [0.2, 0.25) is 10.0 Å². The van der Waals surface area contributed by atoms with E-state index in [9.17, 15) is 8.42 Å². The van der Waals surface area contributed by atoms with Crippen molar-refractivity contribution in [1.82, 2.24) is 15.2 Å². The molecular formula is C11H25N3O2S. The fraction of sp³-hybridized carbons (Fsp3) is 1.00. The van der Waals surface area contributed by atoms with Crippen LogP contribution >= 0.6 is 0 Å². The summed E-state index contributed by atoms with van der Waals surface area (Å²) in [7, 11) is -3.23. The molecule has 1 fully saturated rings. The summed E-state index contributed by atoms with van der Waals surface area (Å²) in [6.45, 7) is 6.84. The molecule has 1 rings (SSSR count). The zero-order valence-electron chi connectivity index (χ0n) is 10.9. The minimum Gasteiger partial charge on any atom is -0.315 e. The van der Waals surface area contributed by atoms with Crippen LogP contribution in [-0.2, 0) is 10.0 Å². The van der Waals surface area contributed by atoms with Gasteiger partial charge in [0.15, 0.2) is 0 Å². The number of nitrogens with zero attached hydrogens (tertiary/aromatic N) is 1. The van der Waals surface area contributed by atoms with Crippen molar-refractivity contribution in [1.29, 1.82) is 0 Å². The zero-order valence-corrected chi connectivity index (χ0v) is 11.7. The first-order valence-corrected chi connectivity index (χ1v) is 8.08. The smallest absolute Gasteiger partial charge is 0.228 e. The van der Waals surface area contributed by atoms with Crippen molar-refractivity contribution in [2.24, 2.45) is 0 Å². The summed E-state index contributed by atoms with van der Waals surface area (Å²) in [4.78, 5) is 2.69. The van der Waals surface area contributed by atoms with E-state index in [4.69, 9.17) is 0 Å². The van der Waals surface area contributed by atoms with Gasteiger partial charge in [0.05, 0.1) is 5.25 Å². The van der Waals surface area contributed by atoms with Gasteiger partial charge in [0.25, 0.3) is 0 Å². The third-order valence-electron chi connectivity index (χ3n) is 3.00. The molecule has 1 aliphatic heterocycles. The van der Waals surface area contributed by atoms with E-state index >= 15 is 0 Å². The first-order chi connectivity index (χ1) is 8.06. The maximum absolute atomic E-state index is 12.0. The minimum atomic E-state index is -3.23. The highest BCUT2D eigenvalue weighted by Gasteiger charge is 2.23. The number of rotatable bonds is 7. The molecule has 0 radical (unpaired) electrons. The molecule has 0 bridgehead atoms. The number of hydrogen-bond donors (Lipinski definition) is 2. The molecule has 0 aromatic heterocycles. The Bertz CT molecular complexity index is 300. The minimum absolute atomic E-state index is 0.393. The van der Waals surface area contributed by atoms with Crippen LogP contribution in [0.15, 0.2) is 0 Å². The molecule has 2 N–H and O–H groups in total. The molecule has 0 aliphatic carbocycles. The van der Waals surface area contributed by atoms with Crippen LogP contribution in [-0.4, -0.2) is 44.9 Å². The van der Waals surface area contributed by atoms with Gasteiger partial charge in [-0.05, 0) is 32.7 Å². The van der Waals surface area contributed by atoms with E-state index in [2.05, 4.69) is 17.1 Å². The highest BCUT2D eigenvalue weighted by Crippen LogP contribution is 2.08. The van der Waals surface area contributed by atoms with Crippen molar-refractivity contribution in [3.63, 3.8) is 0 Å². The molecule has 1 saturated heterocycles. The number of nitrogens with one attached hydrogen (secondary N) is 2. The Labute approximate surface area is 105 Å². The molecule has 0 amide bonds. The summed E-state index contributed by atoms with van der Waals surface area (Å²) in [5.41, 5.74) is 0. The van der Waals surface area contributed by atoms with Gasteiger partial charge in [-0.25, -0.2) is 13.4 Å². The molecule has 1 heterocycles. The number of hydrogen-bond acceptors (Lipinski definition) is 4. The Morgan fingerprint density at radius 3 is 2.47 bits per heavy atom. The van der Waals surface area contributed by atoms with Gasteiger partial charge in [0.1, 0.15) is 0 Å². The molecule has 0 aromatic rings. The van der Waals surface area contributed by atoms with E-state index in [1.807, 2.05) is 5.01 Å². The average Bonchev–Trinajstić information content (AvgIpc) is 2.30.